The SMILES string of the molecule is CC1(C)CCCC(OC2=C(C3CC3)C=C(C(=O)NC3CC3)C(F)C2=S(=O)=O)C1. The minimum absolute atomic E-state index is 0.0808. The summed E-state index contributed by atoms with van der Waals surface area (Å²) in [6.45, 7) is 4.35. The van der Waals surface area contributed by atoms with E-state index in [-0.39, 0.29) is 34.8 Å². The lowest BCUT2D eigenvalue weighted by molar-refractivity contribution is -0.118. The van der Waals surface area contributed by atoms with Gasteiger partial charge in [-0.2, -0.15) is 8.42 Å². The molecule has 0 radical (unpaired) electrons. The lowest BCUT2D eigenvalue weighted by atomic mass is 9.76. The predicted molar refractivity (Wildman–Crippen MR) is 105 cm³/mol. The van der Waals surface area contributed by atoms with Crippen molar-refractivity contribution < 1.29 is 22.3 Å². The zero-order valence-corrected chi connectivity index (χ0v) is 17.3. The van der Waals surface area contributed by atoms with Gasteiger partial charge < -0.3 is 10.1 Å². The molecule has 2 unspecified atom stereocenters. The molecule has 154 valence electrons. The highest BCUT2D eigenvalue weighted by atomic mass is 32.2. The van der Waals surface area contributed by atoms with Gasteiger partial charge in [0.25, 0.3) is 5.91 Å². The van der Waals surface area contributed by atoms with Crippen LogP contribution in [-0.4, -0.2) is 37.5 Å². The third kappa shape index (κ3) is 4.19. The van der Waals surface area contributed by atoms with E-state index in [0.29, 0.717) is 5.57 Å². The minimum atomic E-state index is -2.79. The van der Waals surface area contributed by atoms with Crippen molar-refractivity contribution >= 4 is 21.1 Å². The molecule has 28 heavy (non-hydrogen) atoms. The van der Waals surface area contributed by atoms with Crippen molar-refractivity contribution in [2.75, 3.05) is 0 Å². The van der Waals surface area contributed by atoms with Crippen LogP contribution in [0.2, 0.25) is 0 Å². The van der Waals surface area contributed by atoms with Gasteiger partial charge in [0.05, 0.1) is 11.7 Å². The third-order valence-electron chi connectivity index (χ3n) is 6.12. The largest absolute Gasteiger partial charge is 0.489 e. The number of allylic oxidation sites excluding steroid dienone is 3. The van der Waals surface area contributed by atoms with Crippen LogP contribution in [0.3, 0.4) is 0 Å². The van der Waals surface area contributed by atoms with Gasteiger partial charge in [0.2, 0.25) is 10.3 Å². The van der Waals surface area contributed by atoms with E-state index >= 15 is 4.39 Å². The molecule has 0 bridgehead atoms. The lowest BCUT2D eigenvalue weighted by Crippen LogP contribution is -2.38. The van der Waals surface area contributed by atoms with Crippen LogP contribution in [-0.2, 0) is 19.8 Å². The first-order chi connectivity index (χ1) is 13.2. The zero-order valence-electron chi connectivity index (χ0n) is 16.5. The molecule has 0 aliphatic heterocycles. The second-order valence-corrected chi connectivity index (χ2v) is 10.3. The Bertz CT molecular complexity index is 870. The molecule has 4 aliphatic rings. The molecule has 0 aromatic rings. The third-order valence-corrected chi connectivity index (χ3v) is 6.87. The van der Waals surface area contributed by atoms with Crippen LogP contribution in [0.25, 0.3) is 0 Å². The van der Waals surface area contributed by atoms with E-state index in [1.54, 1.807) is 6.08 Å². The second-order valence-electron chi connectivity index (χ2n) is 9.37. The standard InChI is InChI=1S/C21H28FNO4S/c1-21(2)9-3-4-14(11-21)27-18-15(12-5-6-12)10-16(17(22)19(18)28(25)26)20(24)23-13-7-8-13/h10,12-14,17H,3-9,11H2,1-2H3,(H,23,24). The van der Waals surface area contributed by atoms with E-state index in [1.165, 1.54) is 0 Å². The molecule has 1 amide bonds. The molecule has 3 fully saturated rings. The topological polar surface area (TPSA) is 72.5 Å². The molecule has 7 heteroatoms. The van der Waals surface area contributed by atoms with Crippen LogP contribution in [0.1, 0.15) is 65.2 Å². The monoisotopic (exact) mass is 409 g/mol. The normalized spacial score (nSPS) is 30.0. The van der Waals surface area contributed by atoms with E-state index in [9.17, 15) is 13.2 Å². The van der Waals surface area contributed by atoms with Gasteiger partial charge in [-0.15, -0.1) is 0 Å². The minimum Gasteiger partial charge on any atom is -0.489 e. The molecule has 0 spiro atoms. The van der Waals surface area contributed by atoms with Crippen LogP contribution < -0.4 is 5.32 Å². The van der Waals surface area contributed by atoms with E-state index in [1.807, 2.05) is 0 Å². The van der Waals surface area contributed by atoms with E-state index in [4.69, 9.17) is 4.74 Å². The summed E-state index contributed by atoms with van der Waals surface area (Å²) in [5, 5.41) is 2.78. The number of halogens is 1. The van der Waals surface area contributed by atoms with Crippen molar-refractivity contribution in [1.29, 1.82) is 0 Å². The van der Waals surface area contributed by atoms with Crippen LogP contribution in [0, 0.1) is 11.3 Å². The molecule has 4 rings (SSSR count). The predicted octanol–water partition coefficient (Wildman–Crippen LogP) is 3.24. The van der Waals surface area contributed by atoms with Crippen molar-refractivity contribution in [3.05, 3.63) is 23.0 Å². The van der Waals surface area contributed by atoms with Gasteiger partial charge in [0.15, 0.2) is 11.0 Å². The quantitative estimate of drug-likeness (QED) is 0.708. The number of carbonyl (C=O) groups is 1. The smallest absolute Gasteiger partial charge is 0.250 e. The summed E-state index contributed by atoms with van der Waals surface area (Å²) >= 11 is 0. The Hall–Kier alpha value is -1.63. The second kappa shape index (κ2) is 7.32. The Labute approximate surface area is 166 Å². The zero-order chi connectivity index (χ0) is 20.1. The fourth-order valence-electron chi connectivity index (χ4n) is 4.26. The van der Waals surface area contributed by atoms with Crippen LogP contribution in [0.5, 0.6) is 0 Å². The Kier molecular flexibility index (Phi) is 5.14. The van der Waals surface area contributed by atoms with Crippen LogP contribution >= 0.6 is 0 Å². The number of rotatable bonds is 5. The number of hydrogen-bond donors (Lipinski definition) is 1. The Balaban J connectivity index is 1.70. The van der Waals surface area contributed by atoms with Gasteiger partial charge in [-0.1, -0.05) is 13.8 Å². The molecular formula is C21H28FNO4S. The number of nitrogens with one attached hydrogen (secondary N) is 1. The van der Waals surface area contributed by atoms with Gasteiger partial charge in [-0.3, -0.25) is 4.79 Å². The molecule has 0 aromatic carbocycles. The summed E-state index contributed by atoms with van der Waals surface area (Å²) in [7, 11) is -2.79. The first-order valence-electron chi connectivity index (χ1n) is 10.3. The molecule has 3 saturated carbocycles. The maximum absolute atomic E-state index is 15.2. The average Bonchev–Trinajstić information content (AvgIpc) is 3.48. The van der Waals surface area contributed by atoms with Gasteiger partial charge in [0.1, 0.15) is 5.76 Å². The summed E-state index contributed by atoms with van der Waals surface area (Å²) in [5.41, 5.74) is 0.691. The highest BCUT2D eigenvalue weighted by Gasteiger charge is 2.42. The maximum Gasteiger partial charge on any atom is 0.250 e. The van der Waals surface area contributed by atoms with Crippen LogP contribution in [0.15, 0.2) is 23.0 Å². The van der Waals surface area contributed by atoms with Crippen molar-refractivity contribution in [2.45, 2.75) is 83.5 Å². The Morgan fingerprint density at radius 1 is 1.21 bits per heavy atom. The maximum atomic E-state index is 15.2. The fraction of sp³-hybridized carbons (Fsp3) is 0.714. The molecule has 0 heterocycles. The highest BCUT2D eigenvalue weighted by molar-refractivity contribution is 7.73. The molecular weight excluding hydrogens is 381 g/mol. The van der Waals surface area contributed by atoms with Gasteiger partial charge in [-0.05, 0) is 74.3 Å². The van der Waals surface area contributed by atoms with Gasteiger partial charge in [-0.25, -0.2) is 4.39 Å². The van der Waals surface area contributed by atoms with Gasteiger partial charge in [0, 0.05) is 6.04 Å². The Morgan fingerprint density at radius 2 is 1.93 bits per heavy atom. The highest BCUT2D eigenvalue weighted by Crippen LogP contribution is 2.44. The molecule has 0 aromatic heterocycles. The summed E-state index contributed by atoms with van der Waals surface area (Å²) in [5.74, 6) is -0.204. The number of hydrogen-bond acceptors (Lipinski definition) is 4. The average molecular weight is 410 g/mol. The lowest BCUT2D eigenvalue weighted by Gasteiger charge is -2.36. The number of carbonyl (C=O) groups excluding carboxylic acids is 1. The van der Waals surface area contributed by atoms with Gasteiger partial charge >= 0.3 is 0 Å². The number of ether oxygens (including phenoxy) is 1. The summed E-state index contributed by atoms with van der Waals surface area (Å²) in [4.78, 5) is 12.1. The van der Waals surface area contributed by atoms with E-state index < -0.39 is 27.2 Å². The molecule has 1 N–H and O–H groups in total. The molecule has 4 aliphatic carbocycles. The van der Waals surface area contributed by atoms with E-state index in [2.05, 4.69) is 19.2 Å². The summed E-state index contributed by atoms with van der Waals surface area (Å²) in [6.07, 6.45) is 6.77. The Morgan fingerprint density at radius 3 is 2.50 bits per heavy atom. The molecule has 0 saturated heterocycles. The van der Waals surface area contributed by atoms with Crippen molar-refractivity contribution in [3.63, 3.8) is 0 Å². The summed E-state index contributed by atoms with van der Waals surface area (Å²) in [6, 6.07) is 0.0808. The van der Waals surface area contributed by atoms with E-state index in [0.717, 1.165) is 51.4 Å². The number of alkyl halides is 1. The van der Waals surface area contributed by atoms with Crippen LogP contribution in [0.4, 0.5) is 4.39 Å². The molecule has 5 nitrogen and oxygen atoms in total. The number of amides is 1. The fourth-order valence-corrected chi connectivity index (χ4v) is 4.88. The van der Waals surface area contributed by atoms with Crippen molar-refractivity contribution in [1.82, 2.24) is 5.32 Å². The molecule has 2 atom stereocenters. The first kappa shape index (κ1) is 19.7. The van der Waals surface area contributed by atoms with Crippen molar-refractivity contribution in [3.8, 4) is 0 Å². The first-order valence-corrected chi connectivity index (χ1v) is 11.4. The van der Waals surface area contributed by atoms with Crippen molar-refractivity contribution in [2.24, 2.45) is 11.3 Å². The summed E-state index contributed by atoms with van der Waals surface area (Å²) < 4.78 is 45.4.